The van der Waals surface area contributed by atoms with Gasteiger partial charge in [0, 0.05) is 29.4 Å². The summed E-state index contributed by atoms with van der Waals surface area (Å²) in [5.41, 5.74) is 7.41. The molecule has 3 aliphatic carbocycles. The molecule has 0 spiro atoms. The minimum Gasteiger partial charge on any atom is -0.392 e. The molecule has 0 aromatic rings. The summed E-state index contributed by atoms with van der Waals surface area (Å²) in [7, 11) is 1.72. The van der Waals surface area contributed by atoms with Gasteiger partial charge in [-0.2, -0.15) is 0 Å². The highest BCUT2D eigenvalue weighted by Crippen LogP contribution is 2.59. The molecule has 4 nitrogen and oxygen atoms in total. The Morgan fingerprint density at radius 3 is 2.73 bits per heavy atom. The molecule has 6 atom stereocenters. The van der Waals surface area contributed by atoms with Gasteiger partial charge >= 0.3 is 0 Å². The molecule has 3 rings (SSSR count). The third-order valence-corrected chi connectivity index (χ3v) is 8.02. The number of allylic oxidation sites excluding steroid dienone is 3. The van der Waals surface area contributed by atoms with E-state index in [1.165, 1.54) is 5.57 Å². The number of carbonyl (C=O) groups excluding carboxylic acids is 1. The highest BCUT2D eigenvalue weighted by molar-refractivity contribution is 6.01. The van der Waals surface area contributed by atoms with Crippen LogP contribution in [0.2, 0.25) is 0 Å². The molecule has 3 aliphatic rings. The van der Waals surface area contributed by atoms with E-state index in [1.54, 1.807) is 13.2 Å². The molecule has 2 fully saturated rings. The lowest BCUT2D eigenvalue weighted by Gasteiger charge is -2.54. The Morgan fingerprint density at radius 1 is 1.35 bits per heavy atom. The van der Waals surface area contributed by atoms with Crippen LogP contribution in [0.5, 0.6) is 0 Å². The first-order valence-electron chi connectivity index (χ1n) is 10.1. The zero-order chi connectivity index (χ0) is 19.2. The summed E-state index contributed by atoms with van der Waals surface area (Å²) in [4.78, 5) is 12.1. The number of hydrogen-bond donors (Lipinski definition) is 2. The van der Waals surface area contributed by atoms with Crippen molar-refractivity contribution in [2.75, 3.05) is 13.7 Å². The van der Waals surface area contributed by atoms with Gasteiger partial charge in [-0.3, -0.25) is 4.79 Å². The van der Waals surface area contributed by atoms with Crippen LogP contribution in [0.1, 0.15) is 59.3 Å². The summed E-state index contributed by atoms with van der Waals surface area (Å²) < 4.78 is 5.45. The lowest BCUT2D eigenvalue weighted by Crippen LogP contribution is -2.59. The quantitative estimate of drug-likeness (QED) is 0.787. The second-order valence-corrected chi connectivity index (χ2v) is 9.25. The third-order valence-electron chi connectivity index (χ3n) is 8.02. The van der Waals surface area contributed by atoms with Crippen molar-refractivity contribution in [2.24, 2.45) is 28.4 Å². The first-order valence-corrected chi connectivity index (χ1v) is 10.1. The number of methoxy groups -OCH3 is 1. The summed E-state index contributed by atoms with van der Waals surface area (Å²) in [6.07, 6.45) is 10.9. The maximum Gasteiger partial charge on any atom is 0.178 e. The number of aliphatic hydroxyl groups is 1. The molecule has 0 bridgehead atoms. The molecular weight excluding hydrogens is 326 g/mol. The number of ketones is 1. The average molecular weight is 362 g/mol. The third kappa shape index (κ3) is 2.90. The Hall–Kier alpha value is -0.970. The van der Waals surface area contributed by atoms with Crippen LogP contribution in [-0.4, -0.2) is 36.2 Å². The van der Waals surface area contributed by atoms with Gasteiger partial charge in [-0.25, -0.2) is 0 Å². The maximum absolute atomic E-state index is 12.1. The molecule has 0 aromatic carbocycles. The van der Waals surface area contributed by atoms with E-state index in [9.17, 15) is 9.90 Å². The molecule has 0 aliphatic heterocycles. The van der Waals surface area contributed by atoms with Crippen LogP contribution in [0.15, 0.2) is 23.8 Å². The van der Waals surface area contributed by atoms with Crippen molar-refractivity contribution >= 4 is 5.78 Å². The van der Waals surface area contributed by atoms with Gasteiger partial charge in [-0.05, 0) is 56.6 Å². The first-order chi connectivity index (χ1) is 12.2. The fourth-order valence-corrected chi connectivity index (χ4v) is 5.88. The summed E-state index contributed by atoms with van der Waals surface area (Å²) >= 11 is 0. The van der Waals surface area contributed by atoms with E-state index in [0.29, 0.717) is 12.5 Å². The fraction of sp³-hybridized carbons (Fsp3) is 0.773. The number of hydrogen-bond acceptors (Lipinski definition) is 4. The Kier molecular flexibility index (Phi) is 5.24. The predicted molar refractivity (Wildman–Crippen MR) is 104 cm³/mol. The molecule has 4 heteroatoms. The molecule has 0 radical (unpaired) electrons. The van der Waals surface area contributed by atoms with Gasteiger partial charge in [0.25, 0.3) is 0 Å². The maximum atomic E-state index is 12.1. The Morgan fingerprint density at radius 2 is 2.08 bits per heavy atom. The normalized spacial score (nSPS) is 43.9. The van der Waals surface area contributed by atoms with Gasteiger partial charge in [0.2, 0.25) is 0 Å². The van der Waals surface area contributed by atoms with Crippen LogP contribution < -0.4 is 5.73 Å². The molecule has 0 heterocycles. The second kappa shape index (κ2) is 6.88. The molecule has 0 amide bonds. The van der Waals surface area contributed by atoms with Crippen LogP contribution in [0.4, 0.5) is 0 Å². The van der Waals surface area contributed by atoms with Gasteiger partial charge in [0.05, 0.1) is 12.7 Å². The fourth-order valence-electron chi connectivity index (χ4n) is 5.88. The van der Waals surface area contributed by atoms with Crippen molar-refractivity contribution in [1.29, 1.82) is 0 Å². The van der Waals surface area contributed by atoms with Crippen molar-refractivity contribution in [3.05, 3.63) is 23.8 Å². The molecule has 146 valence electrons. The minimum atomic E-state index is -0.318. The average Bonchev–Trinajstić information content (AvgIpc) is 2.85. The topological polar surface area (TPSA) is 72.5 Å². The molecule has 3 N–H and O–H groups in total. The molecule has 2 saturated carbocycles. The lowest BCUT2D eigenvalue weighted by atomic mass is 9.53. The summed E-state index contributed by atoms with van der Waals surface area (Å²) in [5, 5.41) is 10.5. The van der Waals surface area contributed by atoms with Crippen LogP contribution in [-0.2, 0) is 9.53 Å². The standard InChI is InChI=1S/C22H35NO3/c1-5-15(14-26-4)18-12-17(24)7-9-20(18,2)16-6-10-21(3)19(25)8-11-22(21,23)13-16/h7,9,12,15-16,19,25H,5-6,8,10-11,13-14,23H2,1-4H3/t15-,16-,19?,20+,21+,22+/m0/s1. The Labute approximate surface area is 157 Å². The van der Waals surface area contributed by atoms with E-state index in [2.05, 4.69) is 26.8 Å². The van der Waals surface area contributed by atoms with Crippen LogP contribution >= 0.6 is 0 Å². The summed E-state index contributed by atoms with van der Waals surface area (Å²) in [6.45, 7) is 7.22. The van der Waals surface area contributed by atoms with E-state index in [1.807, 2.05) is 6.08 Å². The van der Waals surface area contributed by atoms with Crippen LogP contribution in [0.3, 0.4) is 0 Å². The van der Waals surface area contributed by atoms with Gasteiger partial charge in [0.15, 0.2) is 5.78 Å². The van der Waals surface area contributed by atoms with Crippen molar-refractivity contribution in [3.8, 4) is 0 Å². The SMILES string of the molecule is CC[C@@H](COC)C1=CC(=O)C=C[C@]1(C)[C@H]1CC[C@]2(C)C(O)CC[C@@]2(N)C1. The Bertz CT molecular complexity index is 627. The van der Waals surface area contributed by atoms with Crippen LogP contribution in [0, 0.1) is 22.7 Å². The number of ether oxygens (including phenoxy) is 1. The second-order valence-electron chi connectivity index (χ2n) is 9.25. The summed E-state index contributed by atoms with van der Waals surface area (Å²) in [6, 6.07) is 0. The van der Waals surface area contributed by atoms with Gasteiger partial charge in [-0.1, -0.05) is 32.4 Å². The van der Waals surface area contributed by atoms with E-state index in [0.717, 1.165) is 38.5 Å². The van der Waals surface area contributed by atoms with E-state index < -0.39 is 0 Å². The zero-order valence-electron chi connectivity index (χ0n) is 16.8. The highest BCUT2D eigenvalue weighted by Gasteiger charge is 2.59. The monoisotopic (exact) mass is 361 g/mol. The number of aliphatic hydroxyl groups excluding tert-OH is 1. The molecule has 26 heavy (non-hydrogen) atoms. The van der Waals surface area contributed by atoms with Gasteiger partial charge < -0.3 is 15.6 Å². The van der Waals surface area contributed by atoms with Crippen LogP contribution in [0.25, 0.3) is 0 Å². The number of nitrogens with two attached hydrogens (primary N) is 1. The predicted octanol–water partition coefficient (Wildman–Crippen LogP) is 3.39. The summed E-state index contributed by atoms with van der Waals surface area (Å²) in [5.74, 6) is 0.703. The van der Waals surface area contributed by atoms with Gasteiger partial charge in [0.1, 0.15) is 0 Å². The van der Waals surface area contributed by atoms with Gasteiger partial charge in [-0.15, -0.1) is 0 Å². The largest absolute Gasteiger partial charge is 0.392 e. The molecular formula is C22H35NO3. The van der Waals surface area contributed by atoms with Crippen molar-refractivity contribution in [2.45, 2.75) is 70.9 Å². The minimum absolute atomic E-state index is 0.0754. The van der Waals surface area contributed by atoms with Crippen molar-refractivity contribution < 1.29 is 14.6 Å². The smallest absolute Gasteiger partial charge is 0.178 e. The zero-order valence-corrected chi connectivity index (χ0v) is 16.8. The van der Waals surface area contributed by atoms with E-state index in [-0.39, 0.29) is 34.2 Å². The number of carbonyl (C=O) groups is 1. The van der Waals surface area contributed by atoms with Crippen molar-refractivity contribution in [3.63, 3.8) is 0 Å². The number of rotatable bonds is 5. The van der Waals surface area contributed by atoms with Crippen molar-refractivity contribution in [1.82, 2.24) is 0 Å². The molecule has 0 saturated heterocycles. The molecule has 0 aromatic heterocycles. The molecule has 1 unspecified atom stereocenters. The Balaban J connectivity index is 1.92. The highest BCUT2D eigenvalue weighted by atomic mass is 16.5. The lowest BCUT2D eigenvalue weighted by molar-refractivity contribution is -0.110. The van der Waals surface area contributed by atoms with E-state index >= 15 is 0 Å². The number of fused-ring (bicyclic) bond motifs is 1. The van der Waals surface area contributed by atoms with E-state index in [4.69, 9.17) is 10.5 Å². The first kappa shape index (κ1) is 19.8.